The summed E-state index contributed by atoms with van der Waals surface area (Å²) in [6.07, 6.45) is 0.503. The number of methoxy groups -OCH3 is 1. The van der Waals surface area contributed by atoms with E-state index in [4.69, 9.17) is 25.6 Å². The highest BCUT2D eigenvalue weighted by Gasteiger charge is 2.22. The fourth-order valence-corrected chi connectivity index (χ4v) is 3.82. The molecule has 0 radical (unpaired) electrons. The van der Waals surface area contributed by atoms with Crippen LogP contribution in [-0.4, -0.2) is 46.5 Å². The van der Waals surface area contributed by atoms with E-state index in [1.165, 1.54) is 0 Å². The maximum atomic E-state index is 9.89. The number of aliphatic hydroxyl groups is 1. The Labute approximate surface area is 180 Å². The lowest BCUT2D eigenvalue weighted by atomic mass is 10.0. The average molecular weight is 430 g/mol. The molecular weight excluding hydrogens is 406 g/mol. The van der Waals surface area contributed by atoms with Gasteiger partial charge in [0.05, 0.1) is 6.10 Å². The average Bonchev–Trinajstić information content (AvgIpc) is 3.36. The quantitative estimate of drug-likeness (QED) is 0.584. The van der Waals surface area contributed by atoms with Crippen LogP contribution in [0.15, 0.2) is 47.0 Å². The Morgan fingerprint density at radius 1 is 1.23 bits per heavy atom. The SMILES string of the molecule is COCc1noc(COc2ccc(-c3ccccc3Cl)cc2CN2CC[C@H](O)C2)n1. The fourth-order valence-electron chi connectivity index (χ4n) is 3.58. The van der Waals surface area contributed by atoms with Crippen molar-refractivity contribution in [3.8, 4) is 16.9 Å². The second kappa shape index (κ2) is 9.57. The number of hydrogen-bond acceptors (Lipinski definition) is 7. The minimum absolute atomic E-state index is 0.164. The number of rotatable bonds is 8. The third-order valence-corrected chi connectivity index (χ3v) is 5.35. The zero-order valence-electron chi connectivity index (χ0n) is 16.8. The van der Waals surface area contributed by atoms with E-state index in [2.05, 4.69) is 21.1 Å². The van der Waals surface area contributed by atoms with Gasteiger partial charge in [-0.3, -0.25) is 4.90 Å². The van der Waals surface area contributed by atoms with E-state index in [9.17, 15) is 5.11 Å². The van der Waals surface area contributed by atoms with Crippen molar-refractivity contribution in [3.63, 3.8) is 0 Å². The van der Waals surface area contributed by atoms with Gasteiger partial charge in [0.25, 0.3) is 5.89 Å². The summed E-state index contributed by atoms with van der Waals surface area (Å²) in [7, 11) is 1.58. The van der Waals surface area contributed by atoms with Crippen molar-refractivity contribution in [1.29, 1.82) is 0 Å². The van der Waals surface area contributed by atoms with Gasteiger partial charge in [0.2, 0.25) is 0 Å². The first-order valence-electron chi connectivity index (χ1n) is 9.84. The van der Waals surface area contributed by atoms with Crippen molar-refractivity contribution in [1.82, 2.24) is 15.0 Å². The molecule has 1 fully saturated rings. The van der Waals surface area contributed by atoms with Crippen molar-refractivity contribution in [2.24, 2.45) is 0 Å². The molecule has 2 heterocycles. The van der Waals surface area contributed by atoms with Crippen LogP contribution in [-0.2, 0) is 24.5 Å². The molecule has 1 saturated heterocycles. The molecule has 1 aliphatic rings. The molecule has 1 N–H and O–H groups in total. The van der Waals surface area contributed by atoms with Gasteiger partial charge in [-0.25, -0.2) is 0 Å². The van der Waals surface area contributed by atoms with Gasteiger partial charge in [-0.2, -0.15) is 4.98 Å². The highest BCUT2D eigenvalue weighted by atomic mass is 35.5. The number of aromatic nitrogens is 2. The standard InChI is InChI=1S/C22H24ClN3O4/c1-28-13-21-24-22(30-25-21)14-29-20-7-6-15(18-4-2-3-5-19(18)23)10-16(20)11-26-9-8-17(27)12-26/h2-7,10,17,27H,8-9,11-14H2,1H3/t17-/m0/s1. The van der Waals surface area contributed by atoms with Crippen LogP contribution < -0.4 is 4.74 Å². The summed E-state index contributed by atoms with van der Waals surface area (Å²) in [4.78, 5) is 6.46. The smallest absolute Gasteiger partial charge is 0.264 e. The highest BCUT2D eigenvalue weighted by molar-refractivity contribution is 6.33. The first-order valence-corrected chi connectivity index (χ1v) is 10.2. The Morgan fingerprint density at radius 2 is 2.10 bits per heavy atom. The Bertz CT molecular complexity index is 994. The number of aliphatic hydroxyl groups excluding tert-OH is 1. The number of hydrogen-bond donors (Lipinski definition) is 1. The lowest BCUT2D eigenvalue weighted by Gasteiger charge is -2.19. The Hall–Kier alpha value is -2.45. The predicted octanol–water partition coefficient (Wildman–Crippen LogP) is 3.68. The van der Waals surface area contributed by atoms with Gasteiger partial charge in [-0.15, -0.1) is 0 Å². The van der Waals surface area contributed by atoms with Gasteiger partial charge in [-0.05, 0) is 30.2 Å². The van der Waals surface area contributed by atoms with Crippen LogP contribution in [0, 0.1) is 0 Å². The minimum Gasteiger partial charge on any atom is -0.483 e. The monoisotopic (exact) mass is 429 g/mol. The summed E-state index contributed by atoms with van der Waals surface area (Å²) in [5.41, 5.74) is 3.00. The molecule has 0 aliphatic carbocycles. The zero-order chi connectivity index (χ0) is 20.9. The van der Waals surface area contributed by atoms with Crippen LogP contribution in [0.25, 0.3) is 11.1 Å². The molecule has 1 aromatic heterocycles. The third kappa shape index (κ3) is 4.99. The van der Waals surface area contributed by atoms with Crippen molar-refractivity contribution in [2.45, 2.75) is 32.3 Å². The van der Waals surface area contributed by atoms with Crippen molar-refractivity contribution >= 4 is 11.6 Å². The topological polar surface area (TPSA) is 80.9 Å². The van der Waals surface area contributed by atoms with E-state index in [0.29, 0.717) is 36.4 Å². The van der Waals surface area contributed by atoms with E-state index < -0.39 is 0 Å². The summed E-state index contributed by atoms with van der Waals surface area (Å²) in [6.45, 7) is 2.63. The number of benzene rings is 2. The number of likely N-dealkylation sites (tertiary alicyclic amines) is 1. The maximum Gasteiger partial charge on any atom is 0.264 e. The molecule has 1 aliphatic heterocycles. The van der Waals surface area contributed by atoms with Crippen LogP contribution >= 0.6 is 11.6 Å². The van der Waals surface area contributed by atoms with Gasteiger partial charge >= 0.3 is 0 Å². The minimum atomic E-state index is -0.279. The first kappa shape index (κ1) is 20.8. The third-order valence-electron chi connectivity index (χ3n) is 5.02. The van der Waals surface area contributed by atoms with E-state index in [0.717, 1.165) is 35.4 Å². The Kier molecular flexibility index (Phi) is 6.64. The molecule has 1 atom stereocenters. The van der Waals surface area contributed by atoms with E-state index >= 15 is 0 Å². The summed E-state index contributed by atoms with van der Waals surface area (Å²) in [5.74, 6) is 1.61. The second-order valence-corrected chi connectivity index (χ2v) is 7.71. The van der Waals surface area contributed by atoms with Crippen LogP contribution in [0.5, 0.6) is 5.75 Å². The van der Waals surface area contributed by atoms with Crippen LogP contribution in [0.3, 0.4) is 0 Å². The van der Waals surface area contributed by atoms with Crippen LogP contribution in [0.1, 0.15) is 23.7 Å². The van der Waals surface area contributed by atoms with E-state index in [1.54, 1.807) is 7.11 Å². The van der Waals surface area contributed by atoms with Crippen LogP contribution in [0.2, 0.25) is 5.02 Å². The molecule has 8 heteroatoms. The molecule has 0 spiro atoms. The normalized spacial score (nSPS) is 16.8. The van der Waals surface area contributed by atoms with Crippen molar-refractivity contribution in [3.05, 3.63) is 64.8 Å². The molecule has 30 heavy (non-hydrogen) atoms. The van der Waals surface area contributed by atoms with Gasteiger partial charge < -0.3 is 19.1 Å². The lowest BCUT2D eigenvalue weighted by molar-refractivity contribution is 0.173. The van der Waals surface area contributed by atoms with Gasteiger partial charge in [0, 0.05) is 42.9 Å². The molecule has 0 bridgehead atoms. The summed E-state index contributed by atoms with van der Waals surface area (Å²) < 4.78 is 16.2. The molecule has 4 rings (SSSR count). The van der Waals surface area contributed by atoms with Gasteiger partial charge in [-0.1, -0.05) is 41.0 Å². The summed E-state index contributed by atoms with van der Waals surface area (Å²) >= 11 is 6.40. The number of nitrogens with zero attached hydrogens (tertiary/aromatic N) is 3. The van der Waals surface area contributed by atoms with E-state index in [1.807, 2.05) is 36.4 Å². The zero-order valence-corrected chi connectivity index (χ0v) is 17.5. The second-order valence-electron chi connectivity index (χ2n) is 7.31. The predicted molar refractivity (Wildman–Crippen MR) is 112 cm³/mol. The number of β-amino-alcohol motifs (C(OH)–C–C–N with tert-alkyl or cyclic N) is 1. The number of halogens is 1. The molecular formula is C22H24ClN3O4. The summed E-state index contributed by atoms with van der Waals surface area (Å²) in [6, 6.07) is 13.8. The van der Waals surface area contributed by atoms with Crippen molar-refractivity contribution < 1.29 is 19.1 Å². The van der Waals surface area contributed by atoms with Gasteiger partial charge in [0.1, 0.15) is 12.4 Å². The lowest BCUT2D eigenvalue weighted by Crippen LogP contribution is -2.22. The van der Waals surface area contributed by atoms with Crippen LogP contribution in [0.4, 0.5) is 0 Å². The summed E-state index contributed by atoms with van der Waals surface area (Å²) in [5, 5.41) is 14.4. The first-order chi connectivity index (χ1) is 14.6. The molecule has 158 valence electrons. The molecule has 0 unspecified atom stereocenters. The molecule has 0 amide bonds. The molecule has 0 saturated carbocycles. The Balaban J connectivity index is 1.56. The fraction of sp³-hybridized carbons (Fsp3) is 0.364. The molecule has 3 aromatic rings. The van der Waals surface area contributed by atoms with E-state index in [-0.39, 0.29) is 12.7 Å². The van der Waals surface area contributed by atoms with Crippen molar-refractivity contribution in [2.75, 3.05) is 20.2 Å². The molecule has 7 nitrogen and oxygen atoms in total. The van der Waals surface area contributed by atoms with Gasteiger partial charge in [0.15, 0.2) is 12.4 Å². The number of ether oxygens (including phenoxy) is 2. The maximum absolute atomic E-state index is 9.89. The largest absolute Gasteiger partial charge is 0.483 e. The highest BCUT2D eigenvalue weighted by Crippen LogP contribution is 2.32. The Morgan fingerprint density at radius 3 is 2.87 bits per heavy atom. The molecule has 2 aromatic carbocycles.